The number of benzene rings is 2. The van der Waals surface area contributed by atoms with E-state index in [2.05, 4.69) is 5.32 Å². The molecule has 0 atom stereocenters. The third kappa shape index (κ3) is 3.41. The van der Waals surface area contributed by atoms with Gasteiger partial charge >= 0.3 is 5.97 Å². The van der Waals surface area contributed by atoms with Crippen LogP contribution in [-0.4, -0.2) is 25.0 Å². The van der Waals surface area contributed by atoms with Crippen molar-refractivity contribution in [3.05, 3.63) is 52.5 Å². The van der Waals surface area contributed by atoms with Crippen molar-refractivity contribution in [3.8, 4) is 5.75 Å². The van der Waals surface area contributed by atoms with Gasteiger partial charge in [-0.2, -0.15) is 0 Å². The van der Waals surface area contributed by atoms with Crippen LogP contribution in [0.25, 0.3) is 0 Å². The zero-order valence-corrected chi connectivity index (χ0v) is 13.4. The molecule has 118 valence electrons. The van der Waals surface area contributed by atoms with Crippen LogP contribution < -0.4 is 15.0 Å². The maximum absolute atomic E-state index is 12.3. The average Bonchev–Trinajstić information content (AvgIpc) is 2.51. The predicted octanol–water partition coefficient (Wildman–Crippen LogP) is 3.36. The molecule has 1 N–H and O–H groups in total. The summed E-state index contributed by atoms with van der Waals surface area (Å²) in [5.74, 6) is -0.302. The number of hydrogen-bond acceptors (Lipinski definition) is 4. The zero-order valence-electron chi connectivity index (χ0n) is 11.9. The number of para-hydroxylation sites is 3. The Morgan fingerprint density at radius 1 is 1.13 bits per heavy atom. The number of rotatable bonds is 3. The molecule has 0 unspecified atom stereocenters. The summed E-state index contributed by atoms with van der Waals surface area (Å²) < 4.78 is 5.15. The lowest BCUT2D eigenvalue weighted by atomic mass is 10.2. The fraction of sp³-hybridized carbons (Fsp3) is 0.125. The van der Waals surface area contributed by atoms with Gasteiger partial charge in [0, 0.05) is 0 Å². The lowest BCUT2D eigenvalue weighted by Gasteiger charge is -2.29. The third-order valence-electron chi connectivity index (χ3n) is 3.31. The normalized spacial score (nSPS) is 13.3. The second-order valence-electron chi connectivity index (χ2n) is 4.94. The maximum Gasteiger partial charge on any atom is 0.331 e. The average molecular weight is 351 g/mol. The minimum Gasteiger partial charge on any atom is -0.423 e. The number of carbonyl (C=O) groups is 2. The molecule has 0 radical (unpaired) electrons. The third-order valence-corrected chi connectivity index (χ3v) is 3.94. The minimum atomic E-state index is -0.410. The van der Waals surface area contributed by atoms with Crippen LogP contribution in [0, 0.1) is 0 Å². The van der Waals surface area contributed by atoms with Crippen LogP contribution in [0.4, 0.5) is 11.4 Å². The second-order valence-corrected chi connectivity index (χ2v) is 5.76. The Labute approximate surface area is 142 Å². The number of amides is 1. The van der Waals surface area contributed by atoms with Gasteiger partial charge in [0.2, 0.25) is 5.91 Å². The summed E-state index contributed by atoms with van der Waals surface area (Å²) in [5.41, 5.74) is 1.04. The summed E-state index contributed by atoms with van der Waals surface area (Å²) in [4.78, 5) is 25.6. The standard InChI is InChI=1S/C16H12Cl2N2O3/c17-10-4-3-5-11(18)16(10)19-14(21)8-20-9-15(22)23-13-7-2-1-6-12(13)20/h1-7H,8-9H2,(H,19,21). The van der Waals surface area contributed by atoms with E-state index >= 15 is 0 Å². The Morgan fingerprint density at radius 3 is 2.57 bits per heavy atom. The van der Waals surface area contributed by atoms with Gasteiger partial charge in [0.05, 0.1) is 28.0 Å². The monoisotopic (exact) mass is 350 g/mol. The zero-order chi connectivity index (χ0) is 16.4. The Bertz CT molecular complexity index is 759. The van der Waals surface area contributed by atoms with Crippen LogP contribution in [0.5, 0.6) is 5.75 Å². The van der Waals surface area contributed by atoms with Crippen molar-refractivity contribution in [3.63, 3.8) is 0 Å². The van der Waals surface area contributed by atoms with Gasteiger partial charge in [-0.3, -0.25) is 4.79 Å². The number of halogens is 2. The summed E-state index contributed by atoms with van der Waals surface area (Å²) in [7, 11) is 0. The van der Waals surface area contributed by atoms with Crippen LogP contribution in [-0.2, 0) is 9.59 Å². The number of esters is 1. The van der Waals surface area contributed by atoms with E-state index in [-0.39, 0.29) is 19.0 Å². The van der Waals surface area contributed by atoms with Crippen LogP contribution >= 0.6 is 23.2 Å². The fourth-order valence-electron chi connectivity index (χ4n) is 2.31. The summed E-state index contributed by atoms with van der Waals surface area (Å²) >= 11 is 12.1. The van der Waals surface area contributed by atoms with Crippen molar-refractivity contribution < 1.29 is 14.3 Å². The molecule has 0 saturated heterocycles. The highest BCUT2D eigenvalue weighted by molar-refractivity contribution is 6.39. The van der Waals surface area contributed by atoms with Gasteiger partial charge in [0.1, 0.15) is 6.54 Å². The van der Waals surface area contributed by atoms with Gasteiger partial charge < -0.3 is 15.0 Å². The van der Waals surface area contributed by atoms with Gasteiger partial charge in [-0.25, -0.2) is 4.79 Å². The highest BCUT2D eigenvalue weighted by Gasteiger charge is 2.25. The first-order valence-corrected chi connectivity index (χ1v) is 7.58. The SMILES string of the molecule is O=C(CN1CC(=O)Oc2ccccc21)Nc1c(Cl)cccc1Cl. The molecule has 0 bridgehead atoms. The largest absolute Gasteiger partial charge is 0.423 e. The second kappa shape index (κ2) is 6.48. The summed E-state index contributed by atoms with van der Waals surface area (Å²) in [6.45, 7) is -0.0195. The molecule has 0 fully saturated rings. The molecule has 5 nitrogen and oxygen atoms in total. The number of nitrogens with one attached hydrogen (secondary N) is 1. The minimum absolute atomic E-state index is 0.000682. The number of anilines is 2. The predicted molar refractivity (Wildman–Crippen MR) is 89.4 cm³/mol. The van der Waals surface area contributed by atoms with E-state index < -0.39 is 5.97 Å². The first-order valence-electron chi connectivity index (χ1n) is 6.83. The van der Waals surface area contributed by atoms with Crippen molar-refractivity contribution in [2.24, 2.45) is 0 Å². The maximum atomic E-state index is 12.3. The van der Waals surface area contributed by atoms with Crippen LogP contribution in [0.2, 0.25) is 10.0 Å². The van der Waals surface area contributed by atoms with E-state index in [1.165, 1.54) is 0 Å². The lowest BCUT2D eigenvalue weighted by molar-refractivity contribution is -0.133. The fourth-order valence-corrected chi connectivity index (χ4v) is 2.80. The smallest absolute Gasteiger partial charge is 0.331 e. The summed E-state index contributed by atoms with van der Waals surface area (Å²) in [5, 5.41) is 3.38. The van der Waals surface area contributed by atoms with E-state index in [0.29, 0.717) is 27.2 Å². The molecule has 2 aromatic rings. The molecule has 0 aromatic heterocycles. The number of nitrogens with zero attached hydrogens (tertiary/aromatic N) is 1. The molecule has 0 aliphatic carbocycles. The molecular formula is C16H12Cl2N2O3. The van der Waals surface area contributed by atoms with E-state index in [1.807, 2.05) is 6.07 Å². The Balaban J connectivity index is 1.77. The molecular weight excluding hydrogens is 339 g/mol. The number of fused-ring (bicyclic) bond motifs is 1. The van der Waals surface area contributed by atoms with Crippen molar-refractivity contribution >= 4 is 46.5 Å². The molecule has 1 heterocycles. The van der Waals surface area contributed by atoms with Crippen LogP contribution in [0.1, 0.15) is 0 Å². The molecule has 1 aliphatic rings. The van der Waals surface area contributed by atoms with Crippen molar-refractivity contribution in [1.29, 1.82) is 0 Å². The van der Waals surface area contributed by atoms with Gasteiger partial charge in [-0.1, -0.05) is 41.4 Å². The molecule has 3 rings (SSSR count). The number of hydrogen-bond donors (Lipinski definition) is 1. The van der Waals surface area contributed by atoms with Crippen molar-refractivity contribution in [2.75, 3.05) is 23.3 Å². The lowest BCUT2D eigenvalue weighted by Crippen LogP contribution is -2.41. The number of ether oxygens (including phenoxy) is 1. The van der Waals surface area contributed by atoms with Crippen LogP contribution in [0.3, 0.4) is 0 Å². The molecule has 0 saturated carbocycles. The van der Waals surface area contributed by atoms with Gasteiger partial charge in [0.25, 0.3) is 0 Å². The highest BCUT2D eigenvalue weighted by Crippen LogP contribution is 2.32. The first-order chi connectivity index (χ1) is 11.0. The van der Waals surface area contributed by atoms with Crippen molar-refractivity contribution in [1.82, 2.24) is 0 Å². The molecule has 1 amide bonds. The van der Waals surface area contributed by atoms with E-state index in [4.69, 9.17) is 27.9 Å². The van der Waals surface area contributed by atoms with Gasteiger partial charge in [0.15, 0.2) is 5.75 Å². The van der Waals surface area contributed by atoms with E-state index in [9.17, 15) is 9.59 Å². The summed E-state index contributed by atoms with van der Waals surface area (Å²) in [6.07, 6.45) is 0. The Morgan fingerprint density at radius 2 is 1.83 bits per heavy atom. The van der Waals surface area contributed by atoms with Crippen LogP contribution in [0.15, 0.2) is 42.5 Å². The first kappa shape index (κ1) is 15.6. The topological polar surface area (TPSA) is 58.6 Å². The van der Waals surface area contributed by atoms with E-state index in [1.54, 1.807) is 41.3 Å². The number of carbonyl (C=O) groups excluding carboxylic acids is 2. The van der Waals surface area contributed by atoms with Crippen molar-refractivity contribution in [2.45, 2.75) is 0 Å². The Kier molecular flexibility index (Phi) is 4.41. The molecule has 7 heteroatoms. The molecule has 1 aliphatic heterocycles. The molecule has 0 spiro atoms. The van der Waals surface area contributed by atoms with E-state index in [0.717, 1.165) is 0 Å². The summed E-state index contributed by atoms with van der Waals surface area (Å²) in [6, 6.07) is 12.0. The van der Waals surface area contributed by atoms with Gasteiger partial charge in [-0.05, 0) is 24.3 Å². The van der Waals surface area contributed by atoms with Gasteiger partial charge in [-0.15, -0.1) is 0 Å². The Hall–Kier alpha value is -2.24. The molecule has 23 heavy (non-hydrogen) atoms. The molecule has 2 aromatic carbocycles. The highest BCUT2D eigenvalue weighted by atomic mass is 35.5. The quantitative estimate of drug-likeness (QED) is 0.681.